The Labute approximate surface area is 152 Å². The molecule has 2 aliphatic rings. The smallest absolute Gasteiger partial charge is 0.242 e. The lowest BCUT2D eigenvalue weighted by Gasteiger charge is -2.44. The van der Waals surface area contributed by atoms with Crippen LogP contribution in [0.15, 0.2) is 48.5 Å². The predicted octanol–water partition coefficient (Wildman–Crippen LogP) is 2.85. The normalized spacial score (nSPS) is 19.4. The molecule has 0 N–H and O–H groups in total. The topological polar surface area (TPSA) is 40.6 Å². The van der Waals surface area contributed by atoms with E-state index in [9.17, 15) is 9.59 Å². The summed E-state index contributed by atoms with van der Waals surface area (Å²) < 4.78 is 0. The van der Waals surface area contributed by atoms with Crippen LogP contribution in [0.2, 0.25) is 5.02 Å². The van der Waals surface area contributed by atoms with Gasteiger partial charge in [-0.2, -0.15) is 0 Å². The molecule has 2 aromatic rings. The van der Waals surface area contributed by atoms with Gasteiger partial charge in [0, 0.05) is 18.1 Å². The van der Waals surface area contributed by atoms with E-state index in [2.05, 4.69) is 12.1 Å². The second-order valence-corrected chi connectivity index (χ2v) is 7.07. The fourth-order valence-electron chi connectivity index (χ4n) is 3.75. The summed E-state index contributed by atoms with van der Waals surface area (Å²) in [5, 5.41) is 0.652. The Kier molecular flexibility index (Phi) is 4.22. The Morgan fingerprint density at radius 2 is 1.88 bits per heavy atom. The lowest BCUT2D eigenvalue weighted by atomic mass is 9.90. The van der Waals surface area contributed by atoms with Crippen molar-refractivity contribution in [1.29, 1.82) is 0 Å². The Bertz CT molecular complexity index is 819. The largest absolute Gasteiger partial charge is 0.332 e. The standard InChI is InChI=1S/C20H19ClN2O2/c21-16-7-5-14(6-8-16)11-19(24)22-12-18-17-4-2-1-3-15(17)9-10-23(18)20(25)13-22/h1-8,18H,9-13H2/t18-/m1/s1. The molecular formula is C20H19ClN2O2. The molecule has 2 aliphatic heterocycles. The Morgan fingerprint density at radius 1 is 1.12 bits per heavy atom. The summed E-state index contributed by atoms with van der Waals surface area (Å²) in [6.45, 7) is 1.47. The second kappa shape index (κ2) is 6.52. The van der Waals surface area contributed by atoms with Gasteiger partial charge in [-0.1, -0.05) is 48.0 Å². The van der Waals surface area contributed by atoms with Gasteiger partial charge in [-0.3, -0.25) is 9.59 Å². The molecule has 0 aromatic heterocycles. The van der Waals surface area contributed by atoms with Crippen LogP contribution in [0.1, 0.15) is 22.7 Å². The summed E-state index contributed by atoms with van der Waals surface area (Å²) >= 11 is 5.89. The molecule has 25 heavy (non-hydrogen) atoms. The van der Waals surface area contributed by atoms with E-state index in [1.807, 2.05) is 29.2 Å². The van der Waals surface area contributed by atoms with Crippen molar-refractivity contribution in [3.8, 4) is 0 Å². The Balaban J connectivity index is 1.54. The van der Waals surface area contributed by atoms with Crippen LogP contribution < -0.4 is 0 Å². The molecule has 5 heteroatoms. The summed E-state index contributed by atoms with van der Waals surface area (Å²) in [7, 11) is 0. The van der Waals surface area contributed by atoms with Crippen LogP contribution in [0, 0.1) is 0 Å². The van der Waals surface area contributed by atoms with Gasteiger partial charge in [0.25, 0.3) is 0 Å². The maximum absolute atomic E-state index is 12.7. The zero-order valence-corrected chi connectivity index (χ0v) is 14.6. The second-order valence-electron chi connectivity index (χ2n) is 6.63. The third-order valence-electron chi connectivity index (χ3n) is 5.07. The van der Waals surface area contributed by atoms with Gasteiger partial charge < -0.3 is 9.80 Å². The number of piperazine rings is 1. The summed E-state index contributed by atoms with van der Waals surface area (Å²) in [6, 6.07) is 15.5. The highest BCUT2D eigenvalue weighted by Gasteiger charge is 2.38. The Morgan fingerprint density at radius 3 is 2.68 bits per heavy atom. The molecule has 2 heterocycles. The van der Waals surface area contributed by atoms with Gasteiger partial charge in [0.15, 0.2) is 0 Å². The molecule has 4 nitrogen and oxygen atoms in total. The van der Waals surface area contributed by atoms with Gasteiger partial charge in [0.2, 0.25) is 11.8 Å². The van der Waals surface area contributed by atoms with Crippen LogP contribution in [0.3, 0.4) is 0 Å². The molecular weight excluding hydrogens is 336 g/mol. The summed E-state index contributed by atoms with van der Waals surface area (Å²) in [5.41, 5.74) is 3.36. The number of rotatable bonds is 2. The monoisotopic (exact) mass is 354 g/mol. The lowest BCUT2D eigenvalue weighted by molar-refractivity contribution is -0.149. The van der Waals surface area contributed by atoms with Crippen molar-refractivity contribution >= 4 is 23.4 Å². The van der Waals surface area contributed by atoms with Crippen molar-refractivity contribution in [3.05, 3.63) is 70.2 Å². The van der Waals surface area contributed by atoms with E-state index in [1.165, 1.54) is 11.1 Å². The number of fused-ring (bicyclic) bond motifs is 3. The number of nitrogens with zero attached hydrogens (tertiary/aromatic N) is 2. The SMILES string of the molecule is O=C(Cc1ccc(Cl)cc1)N1CC(=O)N2CCc3ccccc3[C@H]2C1. The van der Waals surface area contributed by atoms with Crippen LogP contribution >= 0.6 is 11.6 Å². The number of halogens is 1. The van der Waals surface area contributed by atoms with Crippen molar-refractivity contribution in [3.63, 3.8) is 0 Å². The van der Waals surface area contributed by atoms with E-state index >= 15 is 0 Å². The van der Waals surface area contributed by atoms with E-state index in [1.54, 1.807) is 17.0 Å². The van der Waals surface area contributed by atoms with Crippen LogP contribution in [-0.2, 0) is 22.4 Å². The van der Waals surface area contributed by atoms with Gasteiger partial charge in [0.05, 0.1) is 19.0 Å². The van der Waals surface area contributed by atoms with Crippen molar-refractivity contribution in [2.24, 2.45) is 0 Å². The third-order valence-corrected chi connectivity index (χ3v) is 5.33. The molecule has 0 saturated carbocycles. The summed E-state index contributed by atoms with van der Waals surface area (Å²) in [5.74, 6) is 0.0218. The van der Waals surface area contributed by atoms with Crippen molar-refractivity contribution in [1.82, 2.24) is 9.80 Å². The average Bonchev–Trinajstić information content (AvgIpc) is 2.63. The molecule has 0 spiro atoms. The zero-order chi connectivity index (χ0) is 17.4. The van der Waals surface area contributed by atoms with Crippen LogP contribution in [0.25, 0.3) is 0 Å². The molecule has 1 atom stereocenters. The predicted molar refractivity (Wildman–Crippen MR) is 96.3 cm³/mol. The maximum atomic E-state index is 12.7. The maximum Gasteiger partial charge on any atom is 0.242 e. The van der Waals surface area contributed by atoms with E-state index in [0.717, 1.165) is 18.5 Å². The van der Waals surface area contributed by atoms with Gasteiger partial charge in [-0.15, -0.1) is 0 Å². The van der Waals surface area contributed by atoms with Crippen molar-refractivity contribution in [2.45, 2.75) is 18.9 Å². The molecule has 0 bridgehead atoms. The summed E-state index contributed by atoms with van der Waals surface area (Å²) in [4.78, 5) is 28.9. The van der Waals surface area contributed by atoms with E-state index in [0.29, 0.717) is 18.0 Å². The first kappa shape index (κ1) is 16.2. The lowest BCUT2D eigenvalue weighted by Crippen LogP contribution is -2.55. The number of benzene rings is 2. The molecule has 0 radical (unpaired) electrons. The first-order valence-corrected chi connectivity index (χ1v) is 8.89. The van der Waals surface area contributed by atoms with E-state index in [-0.39, 0.29) is 24.4 Å². The van der Waals surface area contributed by atoms with E-state index < -0.39 is 0 Å². The molecule has 0 unspecified atom stereocenters. The average molecular weight is 355 g/mol. The number of hydrogen-bond donors (Lipinski definition) is 0. The molecule has 0 aliphatic carbocycles. The van der Waals surface area contributed by atoms with Gasteiger partial charge in [-0.25, -0.2) is 0 Å². The highest BCUT2D eigenvalue weighted by molar-refractivity contribution is 6.30. The van der Waals surface area contributed by atoms with Crippen LogP contribution in [0.5, 0.6) is 0 Å². The number of carbonyl (C=O) groups is 2. The van der Waals surface area contributed by atoms with E-state index in [4.69, 9.17) is 11.6 Å². The number of amides is 2. The molecule has 2 amide bonds. The number of hydrogen-bond acceptors (Lipinski definition) is 2. The number of carbonyl (C=O) groups excluding carboxylic acids is 2. The Hall–Kier alpha value is -2.33. The third kappa shape index (κ3) is 3.14. The molecule has 2 aromatic carbocycles. The zero-order valence-electron chi connectivity index (χ0n) is 13.8. The first-order valence-electron chi connectivity index (χ1n) is 8.51. The van der Waals surface area contributed by atoms with Gasteiger partial charge >= 0.3 is 0 Å². The molecule has 128 valence electrons. The fourth-order valence-corrected chi connectivity index (χ4v) is 3.88. The summed E-state index contributed by atoms with van der Waals surface area (Å²) in [6.07, 6.45) is 1.18. The minimum absolute atomic E-state index is 0.0154. The first-order chi connectivity index (χ1) is 12.1. The highest BCUT2D eigenvalue weighted by Crippen LogP contribution is 2.33. The van der Waals surface area contributed by atoms with Crippen molar-refractivity contribution < 1.29 is 9.59 Å². The quantitative estimate of drug-likeness (QED) is 0.832. The molecule has 1 saturated heterocycles. The fraction of sp³-hybridized carbons (Fsp3) is 0.300. The van der Waals surface area contributed by atoms with Gasteiger partial charge in [-0.05, 0) is 35.2 Å². The highest BCUT2D eigenvalue weighted by atomic mass is 35.5. The van der Waals surface area contributed by atoms with Crippen LogP contribution in [-0.4, -0.2) is 41.2 Å². The minimum Gasteiger partial charge on any atom is -0.332 e. The molecule has 1 fully saturated rings. The van der Waals surface area contributed by atoms with Crippen molar-refractivity contribution in [2.75, 3.05) is 19.6 Å². The van der Waals surface area contributed by atoms with Crippen LogP contribution in [0.4, 0.5) is 0 Å². The molecule has 4 rings (SSSR count). The minimum atomic E-state index is -0.0274. The van der Waals surface area contributed by atoms with Gasteiger partial charge in [0.1, 0.15) is 0 Å².